The van der Waals surface area contributed by atoms with E-state index in [9.17, 15) is 0 Å². The number of aromatic nitrogens is 2. The summed E-state index contributed by atoms with van der Waals surface area (Å²) in [6.45, 7) is 0. The zero-order valence-electron chi connectivity index (χ0n) is 13.6. The Hall–Kier alpha value is -2.68. The van der Waals surface area contributed by atoms with Crippen molar-refractivity contribution in [1.29, 1.82) is 0 Å². The van der Waals surface area contributed by atoms with Gasteiger partial charge in [-0.25, -0.2) is 9.97 Å². The van der Waals surface area contributed by atoms with Crippen LogP contribution in [-0.2, 0) is 6.42 Å². The number of rotatable bonds is 6. The van der Waals surface area contributed by atoms with Crippen molar-refractivity contribution in [3.8, 4) is 0 Å². The molecule has 1 atom stereocenters. The predicted molar refractivity (Wildman–Crippen MR) is 97.0 cm³/mol. The van der Waals surface area contributed by atoms with Gasteiger partial charge in [-0.1, -0.05) is 60.7 Å². The SMILES string of the molecule is c1ccc(CC(Nc2ccnc(C3CC3)n2)c2ccccc2)cc1. The first-order chi connectivity index (χ1) is 11.9. The molecule has 1 saturated carbocycles. The first-order valence-corrected chi connectivity index (χ1v) is 8.57. The highest BCUT2D eigenvalue weighted by Gasteiger charge is 2.26. The second kappa shape index (κ2) is 6.83. The molecule has 3 aromatic rings. The molecule has 1 aromatic heterocycles. The third kappa shape index (κ3) is 3.62. The van der Waals surface area contributed by atoms with E-state index in [4.69, 9.17) is 4.98 Å². The van der Waals surface area contributed by atoms with Crippen molar-refractivity contribution in [1.82, 2.24) is 9.97 Å². The van der Waals surface area contributed by atoms with Crippen LogP contribution in [0.3, 0.4) is 0 Å². The van der Waals surface area contributed by atoms with Crippen LogP contribution in [-0.4, -0.2) is 9.97 Å². The summed E-state index contributed by atoms with van der Waals surface area (Å²) in [6.07, 6.45) is 5.23. The second-order valence-electron chi connectivity index (χ2n) is 6.37. The van der Waals surface area contributed by atoms with Crippen molar-refractivity contribution in [3.63, 3.8) is 0 Å². The van der Waals surface area contributed by atoms with Crippen molar-refractivity contribution in [2.45, 2.75) is 31.2 Å². The van der Waals surface area contributed by atoms with Crippen LogP contribution in [0.25, 0.3) is 0 Å². The normalized spacial score (nSPS) is 15.0. The van der Waals surface area contributed by atoms with E-state index in [1.54, 1.807) is 0 Å². The highest BCUT2D eigenvalue weighted by atomic mass is 15.1. The molecule has 1 N–H and O–H groups in total. The summed E-state index contributed by atoms with van der Waals surface area (Å²) in [6, 6.07) is 23.3. The Kier molecular flexibility index (Phi) is 4.24. The summed E-state index contributed by atoms with van der Waals surface area (Å²) in [5.41, 5.74) is 2.59. The molecular formula is C21H21N3. The first kappa shape index (κ1) is 14.9. The van der Waals surface area contributed by atoms with Crippen LogP contribution in [0.4, 0.5) is 5.82 Å². The maximum Gasteiger partial charge on any atom is 0.133 e. The molecule has 0 bridgehead atoms. The van der Waals surface area contributed by atoms with Crippen molar-refractivity contribution >= 4 is 5.82 Å². The smallest absolute Gasteiger partial charge is 0.133 e. The van der Waals surface area contributed by atoms with Gasteiger partial charge in [0, 0.05) is 12.1 Å². The molecule has 4 rings (SSSR count). The van der Waals surface area contributed by atoms with E-state index in [1.807, 2.05) is 12.3 Å². The molecule has 2 aromatic carbocycles. The van der Waals surface area contributed by atoms with Gasteiger partial charge in [-0.2, -0.15) is 0 Å². The van der Waals surface area contributed by atoms with Gasteiger partial charge in [-0.05, 0) is 36.5 Å². The lowest BCUT2D eigenvalue weighted by molar-refractivity contribution is 0.765. The standard InChI is InChI=1S/C21H21N3/c1-3-7-16(8-4-1)15-19(17-9-5-2-6-10-17)23-20-13-14-22-21(24-20)18-11-12-18/h1-10,13-14,18-19H,11-12,15H2,(H,22,23,24). The summed E-state index contributed by atoms with van der Waals surface area (Å²) in [7, 11) is 0. The van der Waals surface area contributed by atoms with Crippen molar-refractivity contribution in [2.24, 2.45) is 0 Å². The summed E-state index contributed by atoms with van der Waals surface area (Å²) in [4.78, 5) is 9.13. The van der Waals surface area contributed by atoms with E-state index in [-0.39, 0.29) is 6.04 Å². The lowest BCUT2D eigenvalue weighted by Crippen LogP contribution is -2.15. The van der Waals surface area contributed by atoms with Crippen molar-refractivity contribution in [3.05, 3.63) is 89.9 Å². The molecule has 0 radical (unpaired) electrons. The van der Waals surface area contributed by atoms with Crippen LogP contribution in [0.5, 0.6) is 0 Å². The maximum atomic E-state index is 4.72. The quantitative estimate of drug-likeness (QED) is 0.713. The minimum Gasteiger partial charge on any atom is -0.363 e. The lowest BCUT2D eigenvalue weighted by atomic mass is 9.99. The number of benzene rings is 2. The third-order valence-electron chi connectivity index (χ3n) is 4.42. The molecule has 1 aliphatic rings. The fourth-order valence-electron chi connectivity index (χ4n) is 2.96. The van der Waals surface area contributed by atoms with E-state index in [0.29, 0.717) is 5.92 Å². The Bertz CT molecular complexity index is 782. The molecule has 0 saturated heterocycles. The minimum atomic E-state index is 0.190. The number of hydrogen-bond acceptors (Lipinski definition) is 3. The van der Waals surface area contributed by atoms with Gasteiger partial charge in [0.05, 0.1) is 6.04 Å². The van der Waals surface area contributed by atoms with E-state index < -0.39 is 0 Å². The largest absolute Gasteiger partial charge is 0.363 e. The molecular weight excluding hydrogens is 294 g/mol. The molecule has 0 aliphatic heterocycles. The maximum absolute atomic E-state index is 4.72. The Morgan fingerprint density at radius 2 is 1.62 bits per heavy atom. The molecule has 1 heterocycles. The first-order valence-electron chi connectivity index (χ1n) is 8.57. The molecule has 24 heavy (non-hydrogen) atoms. The molecule has 3 nitrogen and oxygen atoms in total. The van der Waals surface area contributed by atoms with Crippen molar-refractivity contribution < 1.29 is 0 Å². The molecule has 3 heteroatoms. The second-order valence-corrected chi connectivity index (χ2v) is 6.37. The van der Waals surface area contributed by atoms with Gasteiger partial charge in [0.1, 0.15) is 11.6 Å². The molecule has 1 aliphatic carbocycles. The molecule has 120 valence electrons. The van der Waals surface area contributed by atoms with Crippen LogP contribution in [0, 0.1) is 0 Å². The number of anilines is 1. The van der Waals surface area contributed by atoms with Gasteiger partial charge in [0.2, 0.25) is 0 Å². The van der Waals surface area contributed by atoms with E-state index in [1.165, 1.54) is 24.0 Å². The topological polar surface area (TPSA) is 37.8 Å². The summed E-state index contributed by atoms with van der Waals surface area (Å²) in [5.74, 6) is 2.46. The summed E-state index contributed by atoms with van der Waals surface area (Å²) >= 11 is 0. The Morgan fingerprint density at radius 1 is 0.917 bits per heavy atom. The van der Waals surface area contributed by atoms with Crippen LogP contribution in [0.1, 0.15) is 41.8 Å². The molecule has 1 unspecified atom stereocenters. The van der Waals surface area contributed by atoms with E-state index in [0.717, 1.165) is 18.1 Å². The van der Waals surface area contributed by atoms with Crippen LogP contribution < -0.4 is 5.32 Å². The van der Waals surface area contributed by atoms with Crippen LogP contribution in [0.15, 0.2) is 72.9 Å². The Labute approximate surface area is 142 Å². The van der Waals surface area contributed by atoms with Gasteiger partial charge >= 0.3 is 0 Å². The number of hydrogen-bond donors (Lipinski definition) is 1. The van der Waals surface area contributed by atoms with Gasteiger partial charge in [0.15, 0.2) is 0 Å². The summed E-state index contributed by atoms with van der Waals surface area (Å²) < 4.78 is 0. The lowest BCUT2D eigenvalue weighted by Gasteiger charge is -2.20. The van der Waals surface area contributed by atoms with Crippen LogP contribution >= 0.6 is 0 Å². The number of nitrogens with one attached hydrogen (secondary N) is 1. The van der Waals surface area contributed by atoms with Crippen LogP contribution in [0.2, 0.25) is 0 Å². The highest BCUT2D eigenvalue weighted by molar-refractivity contribution is 5.39. The number of nitrogens with zero attached hydrogens (tertiary/aromatic N) is 2. The van der Waals surface area contributed by atoms with E-state index >= 15 is 0 Å². The molecule has 0 amide bonds. The highest BCUT2D eigenvalue weighted by Crippen LogP contribution is 2.38. The Morgan fingerprint density at radius 3 is 2.33 bits per heavy atom. The predicted octanol–water partition coefficient (Wildman–Crippen LogP) is 4.75. The molecule has 0 spiro atoms. The summed E-state index contributed by atoms with van der Waals surface area (Å²) in [5, 5.41) is 3.62. The average Bonchev–Trinajstić information content (AvgIpc) is 3.48. The average molecular weight is 315 g/mol. The van der Waals surface area contributed by atoms with Crippen molar-refractivity contribution in [2.75, 3.05) is 5.32 Å². The third-order valence-corrected chi connectivity index (χ3v) is 4.42. The molecule has 1 fully saturated rings. The zero-order valence-corrected chi connectivity index (χ0v) is 13.6. The fourth-order valence-corrected chi connectivity index (χ4v) is 2.96. The Balaban J connectivity index is 1.59. The van der Waals surface area contributed by atoms with Gasteiger partial charge in [-0.3, -0.25) is 0 Å². The van der Waals surface area contributed by atoms with Gasteiger partial charge < -0.3 is 5.32 Å². The fraction of sp³-hybridized carbons (Fsp3) is 0.238. The minimum absolute atomic E-state index is 0.190. The van der Waals surface area contributed by atoms with Gasteiger partial charge in [0.25, 0.3) is 0 Å². The monoisotopic (exact) mass is 315 g/mol. The van der Waals surface area contributed by atoms with Gasteiger partial charge in [-0.15, -0.1) is 0 Å². The van der Waals surface area contributed by atoms with E-state index in [2.05, 4.69) is 71.0 Å². The zero-order chi connectivity index (χ0) is 16.2.